The molecule has 1 aliphatic heterocycles. The number of thiophene rings is 1. The van der Waals surface area contributed by atoms with Gasteiger partial charge in [-0.3, -0.25) is 9.69 Å². The predicted octanol–water partition coefficient (Wildman–Crippen LogP) is 3.82. The van der Waals surface area contributed by atoms with Crippen molar-refractivity contribution in [2.75, 3.05) is 33.3 Å². The van der Waals surface area contributed by atoms with Crippen LogP contribution in [0.15, 0.2) is 51.0 Å². The van der Waals surface area contributed by atoms with E-state index in [-0.39, 0.29) is 5.91 Å². The van der Waals surface area contributed by atoms with Gasteiger partial charge in [-0.05, 0) is 35.7 Å². The number of benzene rings is 1. The highest BCUT2D eigenvalue weighted by Gasteiger charge is 2.23. The van der Waals surface area contributed by atoms with Crippen LogP contribution in [-0.4, -0.2) is 64.1 Å². The van der Waals surface area contributed by atoms with E-state index in [0.717, 1.165) is 40.7 Å². The minimum absolute atomic E-state index is 0.122. The van der Waals surface area contributed by atoms with Gasteiger partial charge in [0.1, 0.15) is 10.8 Å². The fourth-order valence-electron chi connectivity index (χ4n) is 3.70. The first kappa shape index (κ1) is 21.7. The van der Waals surface area contributed by atoms with E-state index >= 15 is 0 Å². The van der Waals surface area contributed by atoms with Crippen LogP contribution in [0.5, 0.6) is 5.75 Å². The summed E-state index contributed by atoms with van der Waals surface area (Å²) in [6.45, 7) is 3.47. The zero-order valence-electron chi connectivity index (χ0n) is 18.1. The molecule has 0 atom stereocenters. The Labute approximate surface area is 199 Å². The van der Waals surface area contributed by atoms with E-state index in [9.17, 15) is 4.79 Å². The lowest BCUT2D eigenvalue weighted by Gasteiger charge is -2.33. The van der Waals surface area contributed by atoms with Crippen molar-refractivity contribution in [3.8, 4) is 27.7 Å². The van der Waals surface area contributed by atoms with E-state index in [1.807, 2.05) is 39.9 Å². The summed E-state index contributed by atoms with van der Waals surface area (Å²) in [7, 11) is 1.63. The van der Waals surface area contributed by atoms with Gasteiger partial charge in [0.15, 0.2) is 0 Å². The summed E-state index contributed by atoms with van der Waals surface area (Å²) < 4.78 is 10.6. The molecule has 1 aliphatic rings. The summed E-state index contributed by atoms with van der Waals surface area (Å²) in [6, 6.07) is 9.61. The second-order valence-electron chi connectivity index (χ2n) is 7.73. The number of hydrogen-bond acceptors (Lipinski definition) is 9. The van der Waals surface area contributed by atoms with Crippen LogP contribution in [-0.2, 0) is 17.8 Å². The molecule has 170 valence electrons. The number of carbonyl (C=O) groups is 1. The summed E-state index contributed by atoms with van der Waals surface area (Å²) in [6.07, 6.45) is 0.343. The zero-order valence-corrected chi connectivity index (χ0v) is 19.8. The Kier molecular flexibility index (Phi) is 6.47. The number of rotatable bonds is 7. The van der Waals surface area contributed by atoms with Gasteiger partial charge in [-0.15, -0.1) is 11.3 Å². The van der Waals surface area contributed by atoms with Crippen LogP contribution in [0.2, 0.25) is 0 Å². The fraction of sp³-hybridized carbons (Fsp3) is 0.304. The number of ether oxygens (including phenoxy) is 1. The molecule has 0 saturated carbocycles. The average molecular weight is 482 g/mol. The van der Waals surface area contributed by atoms with Crippen molar-refractivity contribution in [3.63, 3.8) is 0 Å². The van der Waals surface area contributed by atoms with Crippen LogP contribution < -0.4 is 4.74 Å². The third-order valence-corrected chi connectivity index (χ3v) is 7.18. The first-order valence-electron chi connectivity index (χ1n) is 10.6. The second kappa shape index (κ2) is 9.82. The molecule has 0 radical (unpaired) electrons. The van der Waals surface area contributed by atoms with Crippen molar-refractivity contribution in [2.45, 2.75) is 13.0 Å². The molecule has 1 fully saturated rings. The first-order valence-corrected chi connectivity index (χ1v) is 12.4. The van der Waals surface area contributed by atoms with E-state index < -0.39 is 0 Å². The highest BCUT2D eigenvalue weighted by Crippen LogP contribution is 2.26. The van der Waals surface area contributed by atoms with Crippen LogP contribution in [0.1, 0.15) is 11.6 Å². The SMILES string of the molecule is COc1ccc(-c2noc(CN3CCN(C(=O)Cc4csc(-c5ccsc5)n4)CC3)n2)cc1. The minimum Gasteiger partial charge on any atom is -0.497 e. The van der Waals surface area contributed by atoms with Crippen LogP contribution in [0.3, 0.4) is 0 Å². The molecule has 4 aromatic rings. The standard InChI is InChI=1S/C23H23N5O3S2/c1-30-19-4-2-16(3-5-19)22-25-20(31-26-22)13-27-7-9-28(10-8-27)21(29)12-18-15-33-23(24-18)17-6-11-32-14-17/h2-6,11,14-15H,7-10,12-13H2,1H3. The normalized spacial score (nSPS) is 14.5. The number of nitrogens with zero attached hydrogens (tertiary/aromatic N) is 5. The predicted molar refractivity (Wildman–Crippen MR) is 127 cm³/mol. The molecule has 1 saturated heterocycles. The van der Waals surface area contributed by atoms with E-state index in [1.165, 1.54) is 0 Å². The number of methoxy groups -OCH3 is 1. The Morgan fingerprint density at radius 2 is 1.88 bits per heavy atom. The second-order valence-corrected chi connectivity index (χ2v) is 9.37. The van der Waals surface area contributed by atoms with Crippen molar-refractivity contribution in [3.05, 3.63) is 58.1 Å². The van der Waals surface area contributed by atoms with Gasteiger partial charge in [0.05, 0.1) is 25.8 Å². The van der Waals surface area contributed by atoms with Gasteiger partial charge < -0.3 is 14.2 Å². The van der Waals surface area contributed by atoms with Crippen molar-refractivity contribution in [1.82, 2.24) is 24.9 Å². The number of amides is 1. The topological polar surface area (TPSA) is 84.6 Å². The Morgan fingerprint density at radius 1 is 1.06 bits per heavy atom. The molecule has 0 spiro atoms. The lowest BCUT2D eigenvalue weighted by atomic mass is 10.2. The molecule has 0 bridgehead atoms. The molecule has 5 rings (SSSR count). The molecule has 1 aromatic carbocycles. The molecule has 0 unspecified atom stereocenters. The number of carbonyl (C=O) groups excluding carboxylic acids is 1. The van der Waals surface area contributed by atoms with E-state index in [1.54, 1.807) is 29.8 Å². The van der Waals surface area contributed by atoms with E-state index in [4.69, 9.17) is 9.26 Å². The maximum absolute atomic E-state index is 12.8. The lowest BCUT2D eigenvalue weighted by Crippen LogP contribution is -2.48. The maximum Gasteiger partial charge on any atom is 0.241 e. The largest absolute Gasteiger partial charge is 0.497 e. The highest BCUT2D eigenvalue weighted by molar-refractivity contribution is 7.14. The third kappa shape index (κ3) is 5.13. The van der Waals surface area contributed by atoms with Gasteiger partial charge >= 0.3 is 0 Å². The van der Waals surface area contributed by atoms with Gasteiger partial charge in [0.2, 0.25) is 17.6 Å². The Hall–Kier alpha value is -3.08. The number of hydrogen-bond donors (Lipinski definition) is 0. The summed E-state index contributed by atoms with van der Waals surface area (Å²) in [5, 5.41) is 11.2. The van der Waals surface area contributed by atoms with Crippen LogP contribution in [0, 0.1) is 0 Å². The van der Waals surface area contributed by atoms with Crippen molar-refractivity contribution in [2.24, 2.45) is 0 Å². The molecule has 33 heavy (non-hydrogen) atoms. The summed E-state index contributed by atoms with van der Waals surface area (Å²) in [4.78, 5) is 26.0. The van der Waals surface area contributed by atoms with Crippen LogP contribution >= 0.6 is 22.7 Å². The number of aromatic nitrogens is 3. The van der Waals surface area contributed by atoms with Crippen molar-refractivity contribution < 1.29 is 14.1 Å². The lowest BCUT2D eigenvalue weighted by molar-refractivity contribution is -0.132. The van der Waals surface area contributed by atoms with Crippen molar-refractivity contribution >= 4 is 28.6 Å². The molecular formula is C23H23N5O3S2. The summed E-state index contributed by atoms with van der Waals surface area (Å²) >= 11 is 3.24. The van der Waals surface area contributed by atoms with Gasteiger partial charge in [-0.25, -0.2) is 4.98 Å². The fourth-order valence-corrected chi connectivity index (χ4v) is 5.23. The van der Waals surface area contributed by atoms with Crippen molar-refractivity contribution in [1.29, 1.82) is 0 Å². The molecule has 1 amide bonds. The molecular weight excluding hydrogens is 458 g/mol. The minimum atomic E-state index is 0.122. The molecule has 0 aliphatic carbocycles. The molecule has 8 nitrogen and oxygen atoms in total. The number of thiazole rings is 1. The maximum atomic E-state index is 12.8. The quantitative estimate of drug-likeness (QED) is 0.397. The average Bonchev–Trinajstić information content (AvgIpc) is 3.62. The van der Waals surface area contributed by atoms with Crippen LogP contribution in [0.25, 0.3) is 22.0 Å². The molecule has 4 heterocycles. The smallest absolute Gasteiger partial charge is 0.241 e. The highest BCUT2D eigenvalue weighted by atomic mass is 32.1. The molecule has 0 N–H and O–H groups in total. The monoisotopic (exact) mass is 481 g/mol. The Bertz CT molecular complexity index is 1200. The Balaban J connectivity index is 1.11. The summed E-state index contributed by atoms with van der Waals surface area (Å²) in [5.74, 6) is 2.04. The van der Waals surface area contributed by atoms with Gasteiger partial charge in [0.25, 0.3) is 0 Å². The van der Waals surface area contributed by atoms with E-state index in [0.29, 0.717) is 37.8 Å². The summed E-state index contributed by atoms with van der Waals surface area (Å²) in [5.41, 5.74) is 2.84. The first-order chi connectivity index (χ1) is 16.2. The van der Waals surface area contributed by atoms with Gasteiger partial charge in [0, 0.05) is 48.1 Å². The van der Waals surface area contributed by atoms with E-state index in [2.05, 4.69) is 31.5 Å². The van der Waals surface area contributed by atoms with Gasteiger partial charge in [-0.2, -0.15) is 16.3 Å². The third-order valence-electron chi connectivity index (χ3n) is 5.55. The zero-order chi connectivity index (χ0) is 22.6. The number of piperazine rings is 1. The molecule has 3 aromatic heterocycles. The molecule has 10 heteroatoms. The van der Waals surface area contributed by atoms with Crippen LogP contribution in [0.4, 0.5) is 0 Å². The van der Waals surface area contributed by atoms with Gasteiger partial charge in [-0.1, -0.05) is 5.16 Å². The Morgan fingerprint density at radius 3 is 2.61 bits per heavy atom.